The lowest BCUT2D eigenvalue weighted by atomic mass is 10.2. The van der Waals surface area contributed by atoms with E-state index < -0.39 is 22.6 Å². The van der Waals surface area contributed by atoms with E-state index in [0.717, 1.165) is 12.1 Å². The van der Waals surface area contributed by atoms with Gasteiger partial charge >= 0.3 is 0 Å². The Bertz CT molecular complexity index is 1150. The number of aromatic nitrogens is 1. The highest BCUT2D eigenvalue weighted by atomic mass is 19.1. The molecule has 0 aliphatic heterocycles. The average Bonchev–Trinajstić information content (AvgIpc) is 2.78. The van der Waals surface area contributed by atoms with Crippen molar-refractivity contribution in [2.75, 3.05) is 0 Å². The number of pyridine rings is 1. The van der Waals surface area contributed by atoms with Crippen LogP contribution < -0.4 is 15.6 Å². The summed E-state index contributed by atoms with van der Waals surface area (Å²) in [5, 5.41) is 10.8. The monoisotopic (exact) mass is 422 g/mol. The van der Waals surface area contributed by atoms with E-state index in [1.54, 1.807) is 24.4 Å². The molecule has 2 aromatic carbocycles. The number of halogens is 1. The van der Waals surface area contributed by atoms with Crippen molar-refractivity contribution in [1.29, 1.82) is 0 Å². The van der Waals surface area contributed by atoms with Gasteiger partial charge in [0.25, 0.3) is 17.5 Å². The van der Waals surface area contributed by atoms with E-state index in [9.17, 15) is 24.1 Å². The first-order valence-corrected chi connectivity index (χ1v) is 8.82. The largest absolute Gasteiger partial charge is 0.453 e. The van der Waals surface area contributed by atoms with Crippen LogP contribution in [0.4, 0.5) is 10.1 Å². The van der Waals surface area contributed by atoms with Gasteiger partial charge in [-0.3, -0.25) is 35.5 Å². The summed E-state index contributed by atoms with van der Waals surface area (Å²) in [5.41, 5.74) is 4.41. The summed E-state index contributed by atoms with van der Waals surface area (Å²) in [6.07, 6.45) is 5.43. The fourth-order valence-electron chi connectivity index (χ4n) is 2.40. The Hall–Kier alpha value is -4.60. The maximum absolute atomic E-state index is 14.2. The molecule has 0 bridgehead atoms. The minimum Gasteiger partial charge on any atom is -0.453 e. The number of rotatable bonds is 6. The van der Waals surface area contributed by atoms with Gasteiger partial charge in [0.1, 0.15) is 5.75 Å². The number of carbonyl (C=O) groups excluding carboxylic acids is 2. The molecule has 2 N–H and O–H groups in total. The normalized spacial score (nSPS) is 10.5. The maximum Gasteiger partial charge on any atom is 0.270 e. The molecule has 3 rings (SSSR count). The summed E-state index contributed by atoms with van der Waals surface area (Å²) in [6, 6.07) is 12.4. The number of nitro groups is 1. The van der Waals surface area contributed by atoms with Gasteiger partial charge in [-0.2, -0.15) is 0 Å². The van der Waals surface area contributed by atoms with Crippen molar-refractivity contribution in [3.63, 3.8) is 0 Å². The zero-order valence-electron chi connectivity index (χ0n) is 15.8. The van der Waals surface area contributed by atoms with E-state index in [2.05, 4.69) is 15.8 Å². The van der Waals surface area contributed by atoms with Gasteiger partial charge in [-0.1, -0.05) is 12.1 Å². The standard InChI is InChI=1S/C21H15FN4O5/c22-18-11-14(6-8-19(18)31-17-5-2-10-23-13-17)7-9-20(27)24-25-21(28)15-3-1-4-16(12-15)26(29)30/h1-13H,(H,24,27)(H,25,28)/b9-7+. The predicted molar refractivity (Wildman–Crippen MR) is 108 cm³/mol. The fourth-order valence-corrected chi connectivity index (χ4v) is 2.40. The molecule has 3 aromatic rings. The Kier molecular flexibility index (Phi) is 6.64. The number of amides is 2. The number of carbonyl (C=O) groups is 2. The number of hydrogen-bond acceptors (Lipinski definition) is 6. The zero-order valence-corrected chi connectivity index (χ0v) is 15.8. The quantitative estimate of drug-likeness (QED) is 0.357. The van der Waals surface area contributed by atoms with Crippen LogP contribution in [0.5, 0.6) is 11.5 Å². The summed E-state index contributed by atoms with van der Waals surface area (Å²) < 4.78 is 19.6. The Labute approximate surface area is 175 Å². The molecule has 0 radical (unpaired) electrons. The Morgan fingerprint density at radius 2 is 1.94 bits per heavy atom. The van der Waals surface area contributed by atoms with Crippen LogP contribution in [0, 0.1) is 15.9 Å². The third-order valence-corrected chi connectivity index (χ3v) is 3.86. The van der Waals surface area contributed by atoms with Gasteiger partial charge in [-0.15, -0.1) is 0 Å². The van der Waals surface area contributed by atoms with Gasteiger partial charge in [-0.25, -0.2) is 4.39 Å². The molecule has 0 aliphatic carbocycles. The van der Waals surface area contributed by atoms with Crippen LogP contribution in [-0.4, -0.2) is 21.7 Å². The third kappa shape index (κ3) is 5.94. The van der Waals surface area contributed by atoms with Crippen LogP contribution in [-0.2, 0) is 4.79 Å². The van der Waals surface area contributed by atoms with Crippen LogP contribution in [0.1, 0.15) is 15.9 Å². The minimum absolute atomic E-state index is 0.00109. The molecule has 1 heterocycles. The second-order valence-corrected chi connectivity index (χ2v) is 6.06. The first kappa shape index (κ1) is 21.1. The lowest BCUT2D eigenvalue weighted by Gasteiger charge is -2.07. The first-order chi connectivity index (χ1) is 14.9. The van der Waals surface area contributed by atoms with Crippen LogP contribution in [0.3, 0.4) is 0 Å². The smallest absolute Gasteiger partial charge is 0.270 e. The molecular formula is C21H15FN4O5. The molecule has 0 spiro atoms. The van der Waals surface area contributed by atoms with Crippen LogP contribution in [0.25, 0.3) is 6.08 Å². The average molecular weight is 422 g/mol. The van der Waals surface area contributed by atoms with Crippen molar-refractivity contribution in [2.24, 2.45) is 0 Å². The molecule has 9 nitrogen and oxygen atoms in total. The van der Waals surface area contributed by atoms with Crippen molar-refractivity contribution < 1.29 is 23.6 Å². The summed E-state index contributed by atoms with van der Waals surface area (Å²) in [6.45, 7) is 0. The first-order valence-electron chi connectivity index (χ1n) is 8.82. The Balaban J connectivity index is 1.56. The van der Waals surface area contributed by atoms with E-state index in [-0.39, 0.29) is 17.0 Å². The molecule has 156 valence electrons. The number of ether oxygens (including phenoxy) is 1. The second kappa shape index (κ2) is 9.74. The zero-order chi connectivity index (χ0) is 22.2. The number of nitro benzene ring substituents is 1. The SMILES string of the molecule is O=C(/C=C/c1ccc(Oc2cccnc2)c(F)c1)NNC(=O)c1cccc([N+](=O)[O-])c1. The number of non-ortho nitro benzene ring substituents is 1. The van der Waals surface area contributed by atoms with Crippen molar-refractivity contribution in [3.8, 4) is 11.5 Å². The Morgan fingerprint density at radius 1 is 1.10 bits per heavy atom. The highest BCUT2D eigenvalue weighted by Crippen LogP contribution is 2.24. The minimum atomic E-state index is -0.728. The van der Waals surface area contributed by atoms with Crippen molar-refractivity contribution in [1.82, 2.24) is 15.8 Å². The molecule has 0 atom stereocenters. The summed E-state index contributed by atoms with van der Waals surface area (Å²) in [4.78, 5) is 37.9. The number of hydrogen-bond donors (Lipinski definition) is 2. The lowest BCUT2D eigenvalue weighted by Crippen LogP contribution is -2.40. The molecule has 0 unspecified atom stereocenters. The highest BCUT2D eigenvalue weighted by Gasteiger charge is 2.11. The number of hydrazine groups is 1. The van der Waals surface area contributed by atoms with E-state index in [1.165, 1.54) is 42.6 Å². The van der Waals surface area contributed by atoms with Gasteiger partial charge in [0.15, 0.2) is 11.6 Å². The summed E-state index contributed by atoms with van der Waals surface area (Å²) >= 11 is 0. The van der Waals surface area contributed by atoms with Gasteiger partial charge < -0.3 is 4.74 Å². The second-order valence-electron chi connectivity index (χ2n) is 6.06. The van der Waals surface area contributed by atoms with Crippen LogP contribution in [0.2, 0.25) is 0 Å². The van der Waals surface area contributed by atoms with Crippen molar-refractivity contribution in [3.05, 3.63) is 100 Å². The molecule has 10 heteroatoms. The molecule has 0 fully saturated rings. The van der Waals surface area contributed by atoms with E-state index in [0.29, 0.717) is 11.3 Å². The molecule has 0 saturated carbocycles. The molecule has 0 saturated heterocycles. The molecule has 2 amide bonds. The van der Waals surface area contributed by atoms with Crippen molar-refractivity contribution >= 4 is 23.6 Å². The third-order valence-electron chi connectivity index (χ3n) is 3.86. The summed E-state index contributed by atoms with van der Waals surface area (Å²) in [5.74, 6) is -1.67. The van der Waals surface area contributed by atoms with Crippen molar-refractivity contribution in [2.45, 2.75) is 0 Å². The topological polar surface area (TPSA) is 123 Å². The maximum atomic E-state index is 14.2. The van der Waals surface area contributed by atoms with E-state index in [4.69, 9.17) is 4.74 Å². The highest BCUT2D eigenvalue weighted by molar-refractivity contribution is 5.98. The molecule has 1 aromatic heterocycles. The van der Waals surface area contributed by atoms with Gasteiger partial charge in [0.2, 0.25) is 0 Å². The van der Waals surface area contributed by atoms with Gasteiger partial charge in [-0.05, 0) is 42.0 Å². The number of nitrogens with one attached hydrogen (secondary N) is 2. The number of nitrogens with zero attached hydrogens (tertiary/aromatic N) is 2. The predicted octanol–water partition coefficient (Wildman–Crippen LogP) is 3.40. The van der Waals surface area contributed by atoms with E-state index in [1.807, 2.05) is 0 Å². The Morgan fingerprint density at radius 3 is 2.65 bits per heavy atom. The summed E-state index contributed by atoms with van der Waals surface area (Å²) in [7, 11) is 0. The van der Waals surface area contributed by atoms with Crippen LogP contribution >= 0.6 is 0 Å². The van der Waals surface area contributed by atoms with Crippen LogP contribution in [0.15, 0.2) is 73.1 Å². The molecule has 0 aliphatic rings. The lowest BCUT2D eigenvalue weighted by molar-refractivity contribution is -0.384. The van der Waals surface area contributed by atoms with E-state index >= 15 is 0 Å². The fraction of sp³-hybridized carbons (Fsp3) is 0. The molecule has 31 heavy (non-hydrogen) atoms. The van der Waals surface area contributed by atoms with Gasteiger partial charge in [0, 0.05) is 30.0 Å². The molecular weight excluding hydrogens is 407 g/mol. The van der Waals surface area contributed by atoms with Gasteiger partial charge in [0.05, 0.1) is 11.1 Å². The number of benzene rings is 2.